The van der Waals surface area contributed by atoms with Crippen LogP contribution in [0.15, 0.2) is 54.6 Å². The van der Waals surface area contributed by atoms with Crippen LogP contribution in [0.5, 0.6) is 11.5 Å². The number of hydrogen-bond donors (Lipinski definition) is 3. The molecular weight excluding hydrogens is 590 g/mol. The van der Waals surface area contributed by atoms with Crippen molar-refractivity contribution in [3.05, 3.63) is 65.7 Å². The molecule has 0 saturated carbocycles. The van der Waals surface area contributed by atoms with E-state index in [0.717, 1.165) is 24.8 Å². The first-order valence-electron chi connectivity index (χ1n) is 16.0. The van der Waals surface area contributed by atoms with Gasteiger partial charge in [-0.25, -0.2) is 0 Å². The van der Waals surface area contributed by atoms with Gasteiger partial charge in [-0.1, -0.05) is 63.1 Å². The van der Waals surface area contributed by atoms with Crippen molar-refractivity contribution in [1.29, 1.82) is 0 Å². The van der Waals surface area contributed by atoms with Gasteiger partial charge in [0.05, 0.1) is 20.3 Å². The lowest BCUT2D eigenvalue weighted by Crippen LogP contribution is -2.53. The highest BCUT2D eigenvalue weighted by Crippen LogP contribution is 2.31. The summed E-state index contributed by atoms with van der Waals surface area (Å²) in [5.74, 6) is -0.638. The van der Waals surface area contributed by atoms with Gasteiger partial charge in [0, 0.05) is 25.5 Å². The van der Waals surface area contributed by atoms with Crippen molar-refractivity contribution in [3.63, 3.8) is 0 Å². The van der Waals surface area contributed by atoms with Crippen LogP contribution in [-0.4, -0.2) is 62.8 Å². The summed E-state index contributed by atoms with van der Waals surface area (Å²) in [6, 6.07) is 13.9. The third-order valence-electron chi connectivity index (χ3n) is 7.65. The fraction of sp³-hybridized carbons (Fsp3) is 0.486. The molecule has 11 nitrogen and oxygen atoms in total. The van der Waals surface area contributed by atoms with Gasteiger partial charge in [0.25, 0.3) is 0 Å². The minimum atomic E-state index is -0.771. The number of esters is 1. The normalized spacial score (nSPS) is 15.2. The second-order valence-electron chi connectivity index (χ2n) is 11.0. The highest BCUT2D eigenvalue weighted by atomic mass is 16.7. The Balaban J connectivity index is 1.43. The van der Waals surface area contributed by atoms with Gasteiger partial charge < -0.3 is 34.9 Å². The molecule has 1 fully saturated rings. The Morgan fingerprint density at radius 1 is 1.00 bits per heavy atom. The van der Waals surface area contributed by atoms with Crippen LogP contribution in [0, 0.1) is 5.92 Å². The Morgan fingerprint density at radius 3 is 2.48 bits per heavy atom. The van der Waals surface area contributed by atoms with Crippen LogP contribution in [0.1, 0.15) is 69.9 Å². The molecule has 0 aliphatic carbocycles. The maximum Gasteiger partial charge on any atom is 0.306 e. The van der Waals surface area contributed by atoms with Crippen LogP contribution in [0.3, 0.4) is 0 Å². The molecule has 2 atom stereocenters. The van der Waals surface area contributed by atoms with Crippen molar-refractivity contribution in [2.75, 3.05) is 26.8 Å². The Bertz CT molecular complexity index is 1290. The van der Waals surface area contributed by atoms with Crippen LogP contribution in [0.25, 0.3) is 6.08 Å². The summed E-state index contributed by atoms with van der Waals surface area (Å²) in [4.78, 5) is 50.3. The Kier molecular flexibility index (Phi) is 15.6. The molecular formula is C35H47N3O8. The molecule has 1 saturated heterocycles. The zero-order valence-corrected chi connectivity index (χ0v) is 27.0. The average molecular weight is 638 g/mol. The minimum Gasteiger partial charge on any atom is -0.493 e. The molecule has 1 unspecified atom stereocenters. The summed E-state index contributed by atoms with van der Waals surface area (Å²) in [6.45, 7) is 4.75. The van der Waals surface area contributed by atoms with E-state index in [1.165, 1.54) is 6.08 Å². The Hall–Kier alpha value is -4.38. The Morgan fingerprint density at radius 2 is 1.78 bits per heavy atom. The maximum absolute atomic E-state index is 13.0. The molecule has 2 aromatic carbocycles. The lowest BCUT2D eigenvalue weighted by molar-refractivity contribution is -0.145. The number of rotatable bonds is 18. The predicted octanol–water partition coefficient (Wildman–Crippen LogP) is 4.29. The number of amides is 3. The van der Waals surface area contributed by atoms with E-state index in [1.807, 2.05) is 44.2 Å². The quantitative estimate of drug-likeness (QED) is 0.125. The van der Waals surface area contributed by atoms with E-state index in [2.05, 4.69) is 16.0 Å². The van der Waals surface area contributed by atoms with E-state index in [9.17, 15) is 19.2 Å². The molecule has 0 bridgehead atoms. The molecule has 1 heterocycles. The maximum atomic E-state index is 13.0. The summed E-state index contributed by atoms with van der Waals surface area (Å²) < 4.78 is 22.3. The van der Waals surface area contributed by atoms with Crippen molar-refractivity contribution in [3.8, 4) is 11.5 Å². The summed E-state index contributed by atoms with van der Waals surface area (Å²) in [5, 5.41) is 8.15. The molecule has 3 N–H and O–H groups in total. The smallest absolute Gasteiger partial charge is 0.306 e. The average Bonchev–Trinajstić information content (AvgIpc) is 3.08. The lowest BCUT2D eigenvalue weighted by atomic mass is 9.93. The molecule has 11 heteroatoms. The van der Waals surface area contributed by atoms with Crippen molar-refractivity contribution < 1.29 is 38.1 Å². The van der Waals surface area contributed by atoms with Crippen LogP contribution in [0.4, 0.5) is 0 Å². The van der Waals surface area contributed by atoms with Crippen LogP contribution in [-0.2, 0) is 35.3 Å². The van der Waals surface area contributed by atoms with E-state index in [4.69, 9.17) is 18.9 Å². The van der Waals surface area contributed by atoms with Gasteiger partial charge in [-0.05, 0) is 54.5 Å². The monoisotopic (exact) mass is 637 g/mol. The fourth-order valence-corrected chi connectivity index (χ4v) is 4.98. The highest BCUT2D eigenvalue weighted by Gasteiger charge is 2.27. The number of methoxy groups -OCH3 is 1. The van der Waals surface area contributed by atoms with Gasteiger partial charge in [0.2, 0.25) is 17.7 Å². The topological polar surface area (TPSA) is 141 Å². The van der Waals surface area contributed by atoms with Crippen molar-refractivity contribution in [2.45, 2.75) is 77.7 Å². The van der Waals surface area contributed by atoms with E-state index in [0.29, 0.717) is 42.9 Å². The number of carbonyl (C=O) groups excluding carboxylic acids is 4. The number of ether oxygens (including phenoxy) is 4. The molecule has 3 amide bonds. The number of nitrogens with one attached hydrogen (secondary N) is 3. The summed E-state index contributed by atoms with van der Waals surface area (Å²) in [6.07, 6.45) is 7.42. The standard InChI is InChI=1S/C35H47N3O8/c1-4-27(5-2)34(35(42)36-20-11-14-32(41)45-24-26-12-7-6-8-13-26)38-31(40)23-37-30(39)19-17-25-16-18-28(29(22-25)43-3)46-33-15-9-10-21-44-33/h6-8,12-13,16-19,22,27,33-34H,4-5,9-11,14-15,20-21,23-24H2,1-3H3,(H,36,42)(H,37,39)(H,38,40)/b19-17+/t33?,34-/m0/s1. The lowest BCUT2D eigenvalue weighted by Gasteiger charge is -2.25. The predicted molar refractivity (Wildman–Crippen MR) is 174 cm³/mol. The number of benzene rings is 2. The van der Waals surface area contributed by atoms with E-state index >= 15 is 0 Å². The van der Waals surface area contributed by atoms with Crippen LogP contribution < -0.4 is 25.4 Å². The molecule has 0 radical (unpaired) electrons. The van der Waals surface area contributed by atoms with Crippen molar-refractivity contribution >= 4 is 29.8 Å². The van der Waals surface area contributed by atoms with Crippen LogP contribution >= 0.6 is 0 Å². The van der Waals surface area contributed by atoms with Crippen molar-refractivity contribution in [2.24, 2.45) is 5.92 Å². The molecule has 2 aromatic rings. The highest BCUT2D eigenvalue weighted by molar-refractivity contribution is 5.95. The van der Waals surface area contributed by atoms with Gasteiger partial charge in [-0.2, -0.15) is 0 Å². The SMILES string of the molecule is CCC(CC)[C@H](NC(=O)CNC(=O)/C=C/c1ccc(OC2CCCCO2)c(OC)c1)C(=O)NCCCC(=O)OCc1ccccc1. The van der Waals surface area contributed by atoms with Gasteiger partial charge >= 0.3 is 5.97 Å². The number of hydrogen-bond acceptors (Lipinski definition) is 8. The summed E-state index contributed by atoms with van der Waals surface area (Å²) >= 11 is 0. The van der Waals surface area contributed by atoms with Gasteiger partial charge in [0.15, 0.2) is 17.8 Å². The molecule has 1 aliphatic heterocycles. The first-order valence-corrected chi connectivity index (χ1v) is 16.0. The molecule has 0 aromatic heterocycles. The minimum absolute atomic E-state index is 0.0954. The zero-order valence-electron chi connectivity index (χ0n) is 27.0. The van der Waals surface area contributed by atoms with Crippen molar-refractivity contribution in [1.82, 2.24) is 16.0 Å². The number of carbonyl (C=O) groups is 4. The first-order chi connectivity index (χ1) is 22.3. The Labute approximate surface area is 271 Å². The second kappa shape index (κ2) is 19.9. The molecule has 0 spiro atoms. The third kappa shape index (κ3) is 12.5. The van der Waals surface area contributed by atoms with Gasteiger partial charge in [0.1, 0.15) is 12.6 Å². The van der Waals surface area contributed by atoms with Gasteiger partial charge in [-0.3, -0.25) is 19.2 Å². The second-order valence-corrected chi connectivity index (χ2v) is 11.0. The third-order valence-corrected chi connectivity index (χ3v) is 7.65. The summed E-state index contributed by atoms with van der Waals surface area (Å²) in [5.41, 5.74) is 1.62. The first kappa shape index (κ1) is 36.1. The van der Waals surface area contributed by atoms with Gasteiger partial charge in [-0.15, -0.1) is 0 Å². The van der Waals surface area contributed by atoms with E-state index < -0.39 is 17.9 Å². The molecule has 46 heavy (non-hydrogen) atoms. The molecule has 3 rings (SSSR count). The van der Waals surface area contributed by atoms with E-state index in [-0.39, 0.29) is 50.2 Å². The van der Waals surface area contributed by atoms with Crippen LogP contribution in [0.2, 0.25) is 0 Å². The molecule has 250 valence electrons. The van der Waals surface area contributed by atoms with E-state index in [1.54, 1.807) is 31.4 Å². The fourth-order valence-electron chi connectivity index (χ4n) is 4.98. The summed E-state index contributed by atoms with van der Waals surface area (Å²) in [7, 11) is 1.54. The zero-order chi connectivity index (χ0) is 33.1. The molecule has 1 aliphatic rings. The largest absolute Gasteiger partial charge is 0.493 e.